The van der Waals surface area contributed by atoms with Crippen LogP contribution in [0.3, 0.4) is 0 Å². The van der Waals surface area contributed by atoms with Crippen LogP contribution >= 0.6 is 0 Å². The molecule has 0 radical (unpaired) electrons. The third-order valence-corrected chi connectivity index (χ3v) is 5.18. The minimum absolute atomic E-state index is 0.00610. The SMILES string of the molecule is CCNc1cc(N2CCN(C(=O)Cn3cnc4ccccc4c3=O)CC2)nc(C)n1. The number of hydrogen-bond donors (Lipinski definition) is 1. The van der Waals surface area contributed by atoms with Gasteiger partial charge in [0.15, 0.2) is 0 Å². The van der Waals surface area contributed by atoms with E-state index in [4.69, 9.17) is 0 Å². The standard InChI is InChI=1S/C21H25N7O2/c1-3-22-18-12-19(25-15(2)24-18)26-8-10-27(11-9-26)20(29)13-28-14-23-17-7-5-4-6-16(17)21(28)30/h4-7,12,14H,3,8-11,13H2,1-2H3,(H,22,24,25). The van der Waals surface area contributed by atoms with Gasteiger partial charge >= 0.3 is 0 Å². The highest BCUT2D eigenvalue weighted by molar-refractivity contribution is 5.79. The third-order valence-electron chi connectivity index (χ3n) is 5.18. The molecule has 1 amide bonds. The number of aryl methyl sites for hydroxylation is 1. The lowest BCUT2D eigenvalue weighted by atomic mass is 10.2. The molecule has 1 aliphatic heterocycles. The average Bonchev–Trinajstić information content (AvgIpc) is 2.76. The van der Waals surface area contributed by atoms with E-state index in [1.165, 1.54) is 10.9 Å². The van der Waals surface area contributed by atoms with Crippen molar-refractivity contribution in [2.45, 2.75) is 20.4 Å². The molecular weight excluding hydrogens is 382 g/mol. The summed E-state index contributed by atoms with van der Waals surface area (Å²) in [6, 6.07) is 9.10. The Labute approximate surface area is 174 Å². The summed E-state index contributed by atoms with van der Waals surface area (Å²) in [6.45, 7) is 7.20. The zero-order chi connectivity index (χ0) is 21.1. The fourth-order valence-electron chi connectivity index (χ4n) is 3.64. The number of hydrogen-bond acceptors (Lipinski definition) is 7. The summed E-state index contributed by atoms with van der Waals surface area (Å²) in [6.07, 6.45) is 1.45. The van der Waals surface area contributed by atoms with Gasteiger partial charge in [0.25, 0.3) is 5.56 Å². The summed E-state index contributed by atoms with van der Waals surface area (Å²) in [5, 5.41) is 3.74. The van der Waals surface area contributed by atoms with Crippen LogP contribution in [0.1, 0.15) is 12.7 Å². The topological polar surface area (TPSA) is 96.2 Å². The molecule has 3 heterocycles. The van der Waals surface area contributed by atoms with Crippen LogP contribution < -0.4 is 15.8 Å². The average molecular weight is 407 g/mol. The lowest BCUT2D eigenvalue weighted by Gasteiger charge is -2.35. The first kappa shape index (κ1) is 19.8. The number of nitrogens with one attached hydrogen (secondary N) is 1. The van der Waals surface area contributed by atoms with Crippen molar-refractivity contribution >= 4 is 28.4 Å². The Morgan fingerprint density at radius 2 is 1.90 bits per heavy atom. The highest BCUT2D eigenvalue weighted by Gasteiger charge is 2.23. The van der Waals surface area contributed by atoms with Gasteiger partial charge in [-0.25, -0.2) is 15.0 Å². The van der Waals surface area contributed by atoms with Gasteiger partial charge in [-0.2, -0.15) is 0 Å². The number of fused-ring (bicyclic) bond motifs is 1. The van der Waals surface area contributed by atoms with Crippen LogP contribution in [0, 0.1) is 6.92 Å². The van der Waals surface area contributed by atoms with E-state index in [2.05, 4.69) is 25.2 Å². The molecular formula is C21H25N7O2. The minimum atomic E-state index is -0.194. The molecule has 0 bridgehead atoms. The molecule has 156 valence electrons. The highest BCUT2D eigenvalue weighted by Crippen LogP contribution is 2.18. The van der Waals surface area contributed by atoms with Gasteiger partial charge in [-0.3, -0.25) is 14.2 Å². The van der Waals surface area contributed by atoms with E-state index >= 15 is 0 Å². The van der Waals surface area contributed by atoms with Crippen LogP contribution in [0.15, 0.2) is 41.5 Å². The minimum Gasteiger partial charge on any atom is -0.370 e. The lowest BCUT2D eigenvalue weighted by Crippen LogP contribution is -2.50. The molecule has 1 saturated heterocycles. The van der Waals surface area contributed by atoms with Crippen molar-refractivity contribution in [2.75, 3.05) is 42.9 Å². The van der Waals surface area contributed by atoms with E-state index in [0.29, 0.717) is 42.9 Å². The molecule has 9 heteroatoms. The maximum absolute atomic E-state index is 12.8. The number of rotatable bonds is 5. The molecule has 0 atom stereocenters. The predicted molar refractivity (Wildman–Crippen MR) is 116 cm³/mol. The second-order valence-electron chi connectivity index (χ2n) is 7.25. The number of piperazine rings is 1. The summed E-state index contributed by atoms with van der Waals surface area (Å²) < 4.78 is 1.38. The first-order valence-corrected chi connectivity index (χ1v) is 10.1. The number of nitrogens with zero attached hydrogens (tertiary/aromatic N) is 6. The summed E-state index contributed by atoms with van der Waals surface area (Å²) in [7, 11) is 0. The van der Waals surface area contributed by atoms with Crippen molar-refractivity contribution in [1.29, 1.82) is 0 Å². The molecule has 0 spiro atoms. The summed E-state index contributed by atoms with van der Waals surface area (Å²) in [5.74, 6) is 2.30. The van der Waals surface area contributed by atoms with E-state index in [-0.39, 0.29) is 18.0 Å². The Morgan fingerprint density at radius 3 is 2.67 bits per heavy atom. The van der Waals surface area contributed by atoms with Crippen molar-refractivity contribution in [1.82, 2.24) is 24.4 Å². The smallest absolute Gasteiger partial charge is 0.261 e. The van der Waals surface area contributed by atoms with Crippen molar-refractivity contribution in [2.24, 2.45) is 0 Å². The molecule has 4 rings (SSSR count). The molecule has 1 fully saturated rings. The van der Waals surface area contributed by atoms with Gasteiger partial charge in [0.2, 0.25) is 5.91 Å². The zero-order valence-electron chi connectivity index (χ0n) is 17.2. The molecule has 1 aromatic carbocycles. The summed E-state index contributed by atoms with van der Waals surface area (Å²) >= 11 is 0. The van der Waals surface area contributed by atoms with Gasteiger partial charge in [-0.1, -0.05) is 12.1 Å². The quantitative estimate of drug-likeness (QED) is 0.680. The Balaban J connectivity index is 1.42. The molecule has 0 aliphatic carbocycles. The second-order valence-corrected chi connectivity index (χ2v) is 7.25. The number of carbonyl (C=O) groups is 1. The summed E-state index contributed by atoms with van der Waals surface area (Å²) in [4.78, 5) is 42.6. The van der Waals surface area contributed by atoms with Gasteiger partial charge < -0.3 is 15.1 Å². The largest absolute Gasteiger partial charge is 0.370 e. The molecule has 30 heavy (non-hydrogen) atoms. The third kappa shape index (κ3) is 4.10. The van der Waals surface area contributed by atoms with E-state index in [1.807, 2.05) is 26.0 Å². The van der Waals surface area contributed by atoms with Gasteiger partial charge in [-0.05, 0) is 26.0 Å². The number of para-hydroxylation sites is 1. The van der Waals surface area contributed by atoms with Crippen LogP contribution in [0.2, 0.25) is 0 Å². The number of aromatic nitrogens is 4. The zero-order valence-corrected chi connectivity index (χ0v) is 17.2. The number of benzene rings is 1. The van der Waals surface area contributed by atoms with Crippen LogP contribution in [0.25, 0.3) is 10.9 Å². The molecule has 1 N–H and O–H groups in total. The highest BCUT2D eigenvalue weighted by atomic mass is 16.2. The van der Waals surface area contributed by atoms with E-state index in [1.54, 1.807) is 23.1 Å². The maximum atomic E-state index is 12.8. The number of amides is 1. The predicted octanol–water partition coefficient (Wildman–Crippen LogP) is 1.28. The van der Waals surface area contributed by atoms with Crippen molar-refractivity contribution in [3.63, 3.8) is 0 Å². The maximum Gasteiger partial charge on any atom is 0.261 e. The van der Waals surface area contributed by atoms with E-state index < -0.39 is 0 Å². The first-order chi connectivity index (χ1) is 14.5. The second kappa shape index (κ2) is 8.48. The fourth-order valence-corrected chi connectivity index (χ4v) is 3.64. The van der Waals surface area contributed by atoms with Gasteiger partial charge in [0.1, 0.15) is 24.0 Å². The fraction of sp³-hybridized carbons (Fsp3) is 0.381. The molecule has 0 saturated carbocycles. The number of carbonyl (C=O) groups excluding carboxylic acids is 1. The van der Waals surface area contributed by atoms with Crippen LogP contribution in [-0.2, 0) is 11.3 Å². The Hall–Kier alpha value is -3.49. The Morgan fingerprint density at radius 1 is 1.13 bits per heavy atom. The lowest BCUT2D eigenvalue weighted by molar-refractivity contribution is -0.132. The van der Waals surface area contributed by atoms with Gasteiger partial charge in [-0.15, -0.1) is 0 Å². The van der Waals surface area contributed by atoms with Crippen LogP contribution in [-0.4, -0.2) is 63.0 Å². The Bertz CT molecular complexity index is 1120. The van der Waals surface area contributed by atoms with Crippen molar-refractivity contribution in [3.05, 3.63) is 52.8 Å². The molecule has 0 unspecified atom stereocenters. The molecule has 9 nitrogen and oxygen atoms in total. The van der Waals surface area contributed by atoms with E-state index in [0.717, 1.165) is 18.2 Å². The normalized spacial score (nSPS) is 14.2. The Kier molecular flexibility index (Phi) is 5.60. The molecule has 2 aromatic heterocycles. The van der Waals surface area contributed by atoms with Crippen LogP contribution in [0.4, 0.5) is 11.6 Å². The molecule has 3 aromatic rings. The first-order valence-electron chi connectivity index (χ1n) is 10.1. The van der Waals surface area contributed by atoms with Crippen molar-refractivity contribution in [3.8, 4) is 0 Å². The number of anilines is 2. The van der Waals surface area contributed by atoms with Gasteiger partial charge in [0.05, 0.1) is 17.2 Å². The van der Waals surface area contributed by atoms with E-state index in [9.17, 15) is 9.59 Å². The molecule has 1 aliphatic rings. The van der Waals surface area contributed by atoms with Crippen LogP contribution in [0.5, 0.6) is 0 Å². The summed E-state index contributed by atoms with van der Waals surface area (Å²) in [5.41, 5.74) is 0.442. The monoisotopic (exact) mass is 407 g/mol. The van der Waals surface area contributed by atoms with Crippen molar-refractivity contribution < 1.29 is 4.79 Å². The van der Waals surface area contributed by atoms with Gasteiger partial charge in [0, 0.05) is 38.8 Å².